The predicted octanol–water partition coefficient (Wildman–Crippen LogP) is 4.51. The minimum Gasteiger partial charge on any atom is -0.316 e. The summed E-state index contributed by atoms with van der Waals surface area (Å²) in [6.07, 6.45) is 6.92. The molecular weight excluding hydrogens is 220 g/mol. The van der Waals surface area contributed by atoms with Gasteiger partial charge in [0.25, 0.3) is 0 Å². The molecule has 0 aromatic heterocycles. The lowest BCUT2D eigenvalue weighted by Crippen LogP contribution is -2.36. The van der Waals surface area contributed by atoms with Crippen molar-refractivity contribution < 1.29 is 0 Å². The van der Waals surface area contributed by atoms with Gasteiger partial charge in [-0.25, -0.2) is 0 Å². The summed E-state index contributed by atoms with van der Waals surface area (Å²) in [5, 5.41) is 12.2. The molecule has 0 saturated carbocycles. The van der Waals surface area contributed by atoms with Crippen LogP contribution in [0.15, 0.2) is 0 Å². The van der Waals surface area contributed by atoms with E-state index in [0.717, 1.165) is 19.5 Å². The first-order valence-electron chi connectivity index (χ1n) is 7.41. The van der Waals surface area contributed by atoms with E-state index in [1.807, 2.05) is 0 Å². The van der Waals surface area contributed by atoms with Crippen molar-refractivity contribution >= 4 is 0 Å². The lowest BCUT2D eigenvalue weighted by atomic mass is 9.85. The van der Waals surface area contributed by atoms with Crippen molar-refractivity contribution in [2.45, 2.75) is 73.1 Å². The fourth-order valence-electron chi connectivity index (χ4n) is 2.16. The van der Waals surface area contributed by atoms with Gasteiger partial charge in [0.1, 0.15) is 0 Å². The molecule has 0 aliphatic carbocycles. The molecule has 0 spiro atoms. The largest absolute Gasteiger partial charge is 0.316 e. The molecule has 2 heteroatoms. The topological polar surface area (TPSA) is 35.8 Å². The minimum atomic E-state index is 0.231. The molecule has 2 nitrogen and oxygen atoms in total. The number of nitrogens with zero attached hydrogens (tertiary/aromatic N) is 1. The van der Waals surface area contributed by atoms with Crippen molar-refractivity contribution in [2.24, 2.45) is 10.8 Å². The van der Waals surface area contributed by atoms with Crippen LogP contribution in [0.4, 0.5) is 0 Å². The highest BCUT2D eigenvalue weighted by Crippen LogP contribution is 2.24. The van der Waals surface area contributed by atoms with E-state index in [0.29, 0.717) is 11.8 Å². The first-order valence-corrected chi connectivity index (χ1v) is 7.41. The maximum atomic E-state index is 8.63. The number of rotatable bonds is 10. The third kappa shape index (κ3) is 9.48. The third-order valence-electron chi connectivity index (χ3n) is 3.58. The molecule has 0 bridgehead atoms. The Morgan fingerprint density at radius 2 is 1.50 bits per heavy atom. The molecule has 0 aliphatic heterocycles. The molecule has 0 aromatic carbocycles. The second kappa shape index (κ2) is 8.53. The quantitative estimate of drug-likeness (QED) is 0.581. The van der Waals surface area contributed by atoms with E-state index in [9.17, 15) is 0 Å². The van der Waals surface area contributed by atoms with Crippen LogP contribution in [-0.4, -0.2) is 13.1 Å². The molecule has 18 heavy (non-hydrogen) atoms. The van der Waals surface area contributed by atoms with Crippen LogP contribution in [0.1, 0.15) is 73.1 Å². The monoisotopic (exact) mass is 252 g/mol. The summed E-state index contributed by atoms with van der Waals surface area (Å²) in [7, 11) is 0. The van der Waals surface area contributed by atoms with E-state index < -0.39 is 0 Å². The van der Waals surface area contributed by atoms with E-state index >= 15 is 0 Å². The molecule has 0 amide bonds. The fourth-order valence-corrected chi connectivity index (χ4v) is 2.16. The third-order valence-corrected chi connectivity index (χ3v) is 3.58. The average molecular weight is 252 g/mol. The van der Waals surface area contributed by atoms with Gasteiger partial charge in [0.05, 0.1) is 6.07 Å². The van der Waals surface area contributed by atoms with Gasteiger partial charge in [0, 0.05) is 19.5 Å². The Bertz CT molecular complexity index is 248. The van der Waals surface area contributed by atoms with Gasteiger partial charge in [-0.3, -0.25) is 0 Å². The van der Waals surface area contributed by atoms with Gasteiger partial charge in [0.15, 0.2) is 0 Å². The van der Waals surface area contributed by atoms with Crippen molar-refractivity contribution in [3.8, 4) is 6.07 Å². The van der Waals surface area contributed by atoms with Crippen molar-refractivity contribution in [1.82, 2.24) is 5.32 Å². The van der Waals surface area contributed by atoms with Crippen LogP contribution in [0.3, 0.4) is 0 Å². The van der Waals surface area contributed by atoms with E-state index in [1.54, 1.807) is 0 Å². The summed E-state index contributed by atoms with van der Waals surface area (Å²) in [4.78, 5) is 0. The first kappa shape index (κ1) is 17.4. The highest BCUT2D eigenvalue weighted by molar-refractivity contribution is 4.80. The Balaban J connectivity index is 3.83. The molecular formula is C16H32N2. The number of hydrogen-bond acceptors (Lipinski definition) is 2. The van der Waals surface area contributed by atoms with Gasteiger partial charge in [0.2, 0.25) is 0 Å². The lowest BCUT2D eigenvalue weighted by Gasteiger charge is -2.29. The predicted molar refractivity (Wildman–Crippen MR) is 79.4 cm³/mol. The Morgan fingerprint density at radius 1 is 0.944 bits per heavy atom. The molecule has 0 aromatic rings. The van der Waals surface area contributed by atoms with Crippen LogP contribution in [0.25, 0.3) is 0 Å². The van der Waals surface area contributed by atoms with Gasteiger partial charge < -0.3 is 5.32 Å². The zero-order valence-corrected chi connectivity index (χ0v) is 13.1. The summed E-state index contributed by atoms with van der Waals surface area (Å²) in [5.74, 6) is 0. The zero-order valence-electron chi connectivity index (χ0n) is 13.1. The highest BCUT2D eigenvalue weighted by Gasteiger charge is 2.20. The van der Waals surface area contributed by atoms with E-state index in [2.05, 4.69) is 46.0 Å². The van der Waals surface area contributed by atoms with E-state index in [4.69, 9.17) is 5.26 Å². The van der Waals surface area contributed by atoms with Gasteiger partial charge >= 0.3 is 0 Å². The van der Waals surface area contributed by atoms with Crippen molar-refractivity contribution in [2.75, 3.05) is 13.1 Å². The van der Waals surface area contributed by atoms with E-state index in [1.165, 1.54) is 25.7 Å². The summed E-state index contributed by atoms with van der Waals surface area (Å²) in [6.45, 7) is 13.5. The molecule has 0 fully saturated rings. The van der Waals surface area contributed by atoms with Crippen LogP contribution >= 0.6 is 0 Å². The maximum absolute atomic E-state index is 8.63. The standard InChI is InChI=1S/C16H32N2/c1-6-7-8-10-15(2,3)13-18-14-16(4,5)11-9-12-17/h18H,6-11,13-14H2,1-5H3. The minimum absolute atomic E-state index is 0.231. The smallest absolute Gasteiger partial charge is 0.0621 e. The second-order valence-electron chi connectivity index (χ2n) is 7.05. The van der Waals surface area contributed by atoms with Crippen LogP contribution in [0.5, 0.6) is 0 Å². The molecule has 0 heterocycles. The Morgan fingerprint density at radius 3 is 2.00 bits per heavy atom. The molecule has 0 radical (unpaired) electrons. The molecule has 0 unspecified atom stereocenters. The van der Waals surface area contributed by atoms with Crippen LogP contribution in [0.2, 0.25) is 0 Å². The zero-order chi connectivity index (χ0) is 14.1. The number of unbranched alkanes of at least 4 members (excludes halogenated alkanes) is 2. The van der Waals surface area contributed by atoms with Crippen molar-refractivity contribution in [1.29, 1.82) is 5.26 Å². The van der Waals surface area contributed by atoms with Crippen molar-refractivity contribution in [3.63, 3.8) is 0 Å². The summed E-state index contributed by atoms with van der Waals surface area (Å²) in [5.41, 5.74) is 0.621. The Kier molecular flexibility index (Phi) is 8.27. The van der Waals surface area contributed by atoms with Crippen molar-refractivity contribution in [3.05, 3.63) is 0 Å². The summed E-state index contributed by atoms with van der Waals surface area (Å²) >= 11 is 0. The van der Waals surface area contributed by atoms with Gasteiger partial charge in [-0.1, -0.05) is 53.9 Å². The Labute approximate surface area is 114 Å². The SMILES string of the molecule is CCCCCC(C)(C)CNCC(C)(C)CCC#N. The number of hydrogen-bond donors (Lipinski definition) is 1. The number of nitrogens with one attached hydrogen (secondary N) is 1. The van der Waals surface area contributed by atoms with Gasteiger partial charge in [-0.05, 0) is 23.7 Å². The van der Waals surface area contributed by atoms with Gasteiger partial charge in [-0.2, -0.15) is 5.26 Å². The Hall–Kier alpha value is -0.550. The maximum Gasteiger partial charge on any atom is 0.0621 e. The summed E-state index contributed by atoms with van der Waals surface area (Å²) in [6, 6.07) is 2.24. The highest BCUT2D eigenvalue weighted by atomic mass is 14.9. The normalized spacial score (nSPS) is 12.4. The molecule has 0 atom stereocenters. The van der Waals surface area contributed by atoms with E-state index in [-0.39, 0.29) is 5.41 Å². The summed E-state index contributed by atoms with van der Waals surface area (Å²) < 4.78 is 0. The molecule has 0 aliphatic rings. The van der Waals surface area contributed by atoms with Gasteiger partial charge in [-0.15, -0.1) is 0 Å². The average Bonchev–Trinajstić information content (AvgIpc) is 2.26. The number of nitriles is 1. The van der Waals surface area contributed by atoms with Crippen LogP contribution in [-0.2, 0) is 0 Å². The lowest BCUT2D eigenvalue weighted by molar-refractivity contribution is 0.260. The fraction of sp³-hybridized carbons (Fsp3) is 0.938. The molecule has 0 saturated heterocycles. The second-order valence-corrected chi connectivity index (χ2v) is 7.05. The van der Waals surface area contributed by atoms with Crippen LogP contribution < -0.4 is 5.32 Å². The molecule has 0 rings (SSSR count). The van der Waals surface area contributed by atoms with Crippen LogP contribution in [0, 0.1) is 22.2 Å². The first-order chi connectivity index (χ1) is 8.33. The molecule has 106 valence electrons. The molecule has 1 N–H and O–H groups in total.